The quantitative estimate of drug-likeness (QED) is 0.425. The summed E-state index contributed by atoms with van der Waals surface area (Å²) >= 11 is 0.980. The zero-order valence-corrected chi connectivity index (χ0v) is 19.7. The highest BCUT2D eigenvalue weighted by Crippen LogP contribution is 2.27. The maximum atomic E-state index is 13.0. The van der Waals surface area contributed by atoms with Crippen LogP contribution in [0.25, 0.3) is 0 Å². The maximum absolute atomic E-state index is 13.0. The third kappa shape index (κ3) is 4.92. The number of aromatic nitrogens is 1. The van der Waals surface area contributed by atoms with E-state index < -0.39 is 27.9 Å². The molecule has 0 fully saturated rings. The van der Waals surface area contributed by atoms with Gasteiger partial charge in [0.1, 0.15) is 10.0 Å². The number of urea groups is 1. The molecule has 1 aliphatic heterocycles. The number of nitrogens with one attached hydrogen (secondary N) is 3. The number of carbonyl (C=O) groups excluding carboxylic acids is 3. The number of fused-ring (bicyclic) bond motifs is 1. The average Bonchev–Trinajstić information content (AvgIpc) is 3.34. The number of nitrogens with zero attached hydrogens (tertiary/aromatic N) is 2. The van der Waals surface area contributed by atoms with Crippen LogP contribution in [-0.4, -0.2) is 37.8 Å². The van der Waals surface area contributed by atoms with Gasteiger partial charge in [0.2, 0.25) is 5.91 Å². The summed E-state index contributed by atoms with van der Waals surface area (Å²) in [6.45, 7) is 2.83. The summed E-state index contributed by atoms with van der Waals surface area (Å²) in [5, 5.41) is 7.19. The van der Waals surface area contributed by atoms with Crippen molar-refractivity contribution in [2.75, 3.05) is 22.1 Å². The van der Waals surface area contributed by atoms with Crippen LogP contribution in [0.15, 0.2) is 58.3 Å². The topological polar surface area (TPSA) is 138 Å². The second-order valence-electron chi connectivity index (χ2n) is 7.41. The van der Waals surface area contributed by atoms with Gasteiger partial charge in [-0.3, -0.25) is 9.59 Å². The molecule has 4 amide bonds. The van der Waals surface area contributed by atoms with E-state index in [1.54, 1.807) is 29.6 Å². The summed E-state index contributed by atoms with van der Waals surface area (Å²) in [5.74, 6) is -0.801. The Balaban J connectivity index is 1.46. The molecular weight excluding hydrogens is 478 g/mol. The summed E-state index contributed by atoms with van der Waals surface area (Å²) in [7, 11) is -3.98. The molecule has 2 aromatic heterocycles. The van der Waals surface area contributed by atoms with Gasteiger partial charge in [0.15, 0.2) is 0 Å². The number of thiophene rings is 1. The molecule has 0 bridgehead atoms. The molecule has 1 aromatic carbocycles. The Morgan fingerprint density at radius 1 is 1.15 bits per heavy atom. The first-order chi connectivity index (χ1) is 16.3. The molecule has 0 radical (unpaired) electrons. The van der Waals surface area contributed by atoms with E-state index in [1.165, 1.54) is 24.4 Å². The van der Waals surface area contributed by atoms with Crippen LogP contribution in [0.1, 0.15) is 29.3 Å². The summed E-state index contributed by atoms with van der Waals surface area (Å²) in [6.07, 6.45) is 2.24. The van der Waals surface area contributed by atoms with Gasteiger partial charge in [0.25, 0.3) is 15.9 Å². The molecule has 3 N–H and O–H groups in total. The van der Waals surface area contributed by atoms with Crippen LogP contribution in [0.5, 0.6) is 0 Å². The number of imide groups is 1. The van der Waals surface area contributed by atoms with E-state index in [4.69, 9.17) is 0 Å². The van der Waals surface area contributed by atoms with Gasteiger partial charge in [0.05, 0.1) is 18.3 Å². The summed E-state index contributed by atoms with van der Waals surface area (Å²) in [4.78, 5) is 42.9. The van der Waals surface area contributed by atoms with Gasteiger partial charge in [-0.1, -0.05) is 13.0 Å². The van der Waals surface area contributed by atoms with Crippen molar-refractivity contribution in [3.63, 3.8) is 0 Å². The molecular formula is C22H21N5O5S2. The van der Waals surface area contributed by atoms with E-state index in [1.807, 2.05) is 11.6 Å². The van der Waals surface area contributed by atoms with E-state index in [2.05, 4.69) is 15.6 Å². The molecule has 0 saturated carbocycles. The molecule has 0 saturated heterocycles. The number of carbonyl (C=O) groups is 3. The second kappa shape index (κ2) is 9.61. The normalized spacial score (nSPS) is 13.4. The summed E-state index contributed by atoms with van der Waals surface area (Å²) in [5.41, 5.74) is 2.10. The average molecular weight is 500 g/mol. The van der Waals surface area contributed by atoms with Crippen molar-refractivity contribution in [1.82, 2.24) is 9.71 Å². The Morgan fingerprint density at radius 2 is 1.94 bits per heavy atom. The van der Waals surface area contributed by atoms with Crippen LogP contribution in [0.3, 0.4) is 0 Å². The van der Waals surface area contributed by atoms with E-state index in [0.29, 0.717) is 11.1 Å². The predicted molar refractivity (Wildman–Crippen MR) is 129 cm³/mol. The number of amides is 4. The largest absolute Gasteiger partial charge is 0.385 e. The number of pyridine rings is 1. The molecule has 10 nitrogen and oxygen atoms in total. The van der Waals surface area contributed by atoms with Gasteiger partial charge in [0, 0.05) is 17.8 Å². The first-order valence-corrected chi connectivity index (χ1v) is 12.7. The van der Waals surface area contributed by atoms with Gasteiger partial charge >= 0.3 is 6.03 Å². The standard InChI is InChI=1S/C22H21N5O5S2/c1-2-9-23-15-5-7-17-14(11-15)12-19(28)27(21(17)29)18-8-6-16(13-24-18)25-22(30)26-34(31,32)20-4-3-10-33-20/h3-8,10-11,13,23H,2,9,12H2,1H3,(H2,25,26,30). The molecule has 0 unspecified atom stereocenters. The minimum absolute atomic E-state index is 0.00629. The Labute approximate surface area is 200 Å². The van der Waals surface area contributed by atoms with Crippen molar-refractivity contribution < 1.29 is 22.8 Å². The van der Waals surface area contributed by atoms with Crippen LogP contribution >= 0.6 is 11.3 Å². The van der Waals surface area contributed by atoms with Gasteiger partial charge in [-0.15, -0.1) is 11.3 Å². The highest BCUT2D eigenvalue weighted by molar-refractivity contribution is 7.92. The summed E-state index contributed by atoms with van der Waals surface area (Å²) in [6, 6.07) is 10.1. The van der Waals surface area contributed by atoms with Crippen molar-refractivity contribution in [2.45, 2.75) is 24.0 Å². The molecule has 3 aromatic rings. The fourth-order valence-corrected chi connectivity index (χ4v) is 5.27. The highest BCUT2D eigenvalue weighted by Gasteiger charge is 2.33. The van der Waals surface area contributed by atoms with Crippen LogP contribution in [0.4, 0.5) is 22.0 Å². The highest BCUT2D eigenvalue weighted by atomic mass is 32.2. The zero-order valence-electron chi connectivity index (χ0n) is 18.1. The predicted octanol–water partition coefficient (Wildman–Crippen LogP) is 3.20. The number of rotatable bonds is 7. The molecule has 176 valence electrons. The summed E-state index contributed by atoms with van der Waals surface area (Å²) < 4.78 is 26.2. The van der Waals surface area contributed by atoms with Gasteiger partial charge in [-0.2, -0.15) is 0 Å². The minimum atomic E-state index is -3.98. The second-order valence-corrected chi connectivity index (χ2v) is 10.3. The number of hydrogen-bond donors (Lipinski definition) is 3. The fourth-order valence-electron chi connectivity index (χ4n) is 3.37. The molecule has 34 heavy (non-hydrogen) atoms. The van der Waals surface area contributed by atoms with Gasteiger partial charge < -0.3 is 10.6 Å². The first kappa shape index (κ1) is 23.4. The number of sulfonamides is 1. The zero-order chi connectivity index (χ0) is 24.3. The smallest absolute Gasteiger partial charge is 0.333 e. The number of anilines is 3. The van der Waals surface area contributed by atoms with E-state index in [-0.39, 0.29) is 22.1 Å². The lowest BCUT2D eigenvalue weighted by Gasteiger charge is -2.26. The number of hydrogen-bond acceptors (Lipinski definition) is 8. The SMILES string of the molecule is CCCNc1ccc2c(c1)CC(=O)N(c1ccc(NC(=O)NS(=O)(=O)c3cccs3)cn1)C2=O. The van der Waals surface area contributed by atoms with Crippen LogP contribution in [0, 0.1) is 0 Å². The molecule has 0 spiro atoms. The Bertz CT molecular complexity index is 1340. The Kier molecular flexibility index (Phi) is 6.61. The lowest BCUT2D eigenvalue weighted by molar-refractivity contribution is -0.117. The van der Waals surface area contributed by atoms with Crippen LogP contribution in [0.2, 0.25) is 0 Å². The Hall–Kier alpha value is -3.77. The van der Waals surface area contributed by atoms with Gasteiger partial charge in [-0.25, -0.2) is 27.8 Å². The van der Waals surface area contributed by atoms with Crippen LogP contribution in [-0.2, 0) is 21.2 Å². The van der Waals surface area contributed by atoms with Crippen molar-refractivity contribution in [3.05, 3.63) is 65.2 Å². The molecule has 12 heteroatoms. The van der Waals surface area contributed by atoms with Crippen molar-refractivity contribution in [2.24, 2.45) is 0 Å². The van der Waals surface area contributed by atoms with Crippen molar-refractivity contribution in [3.8, 4) is 0 Å². The van der Waals surface area contributed by atoms with E-state index in [9.17, 15) is 22.8 Å². The molecule has 4 rings (SSSR count). The van der Waals surface area contributed by atoms with E-state index in [0.717, 1.165) is 34.9 Å². The number of benzene rings is 1. The molecule has 0 aliphatic carbocycles. The monoisotopic (exact) mass is 499 g/mol. The first-order valence-electron chi connectivity index (χ1n) is 10.4. The lowest BCUT2D eigenvalue weighted by Crippen LogP contribution is -2.43. The van der Waals surface area contributed by atoms with Crippen molar-refractivity contribution >= 4 is 56.4 Å². The fraction of sp³-hybridized carbons (Fsp3) is 0.182. The maximum Gasteiger partial charge on any atom is 0.333 e. The lowest BCUT2D eigenvalue weighted by atomic mass is 9.97. The Morgan fingerprint density at radius 3 is 2.62 bits per heavy atom. The third-order valence-corrected chi connectivity index (χ3v) is 7.66. The molecule has 1 aliphatic rings. The minimum Gasteiger partial charge on any atom is -0.385 e. The molecule has 0 atom stereocenters. The van der Waals surface area contributed by atoms with Gasteiger partial charge in [-0.05, 0) is 53.8 Å². The molecule has 3 heterocycles. The third-order valence-electron chi connectivity index (χ3n) is 4.93. The van der Waals surface area contributed by atoms with Crippen LogP contribution < -0.4 is 20.3 Å². The van der Waals surface area contributed by atoms with E-state index >= 15 is 0 Å². The van der Waals surface area contributed by atoms with Crippen molar-refractivity contribution in [1.29, 1.82) is 0 Å².